The number of ketones is 1. The molecule has 1 nitrogen and oxygen atoms in total. The Bertz CT molecular complexity index is 290. The van der Waals surface area contributed by atoms with Crippen LogP contribution in [-0.2, 0) is 0 Å². The fourth-order valence-electron chi connectivity index (χ4n) is 1.12. The van der Waals surface area contributed by atoms with Crippen molar-refractivity contribution < 1.29 is 4.79 Å². The molecule has 1 aromatic rings. The molecule has 0 atom stereocenters. The molecule has 0 unspecified atom stereocenters. The van der Waals surface area contributed by atoms with Gasteiger partial charge in [0.2, 0.25) is 0 Å². The fraction of sp³-hybridized carbons (Fsp3) is 0.417. The molecular formula is C12H16OSe. The summed E-state index contributed by atoms with van der Waals surface area (Å²) < 4.78 is 1.40. The van der Waals surface area contributed by atoms with Gasteiger partial charge in [0.25, 0.3) is 0 Å². The third kappa shape index (κ3) is 3.65. The molecule has 76 valence electrons. The minimum atomic E-state index is 0.151. The standard InChI is InChI=1S/C12H16OSe/c1-3-4-9-14-12-7-5-11(6-8-12)10(2)13/h5-8H,3-4,9H2,1-2H3. The van der Waals surface area contributed by atoms with Crippen LogP contribution in [-0.4, -0.2) is 20.7 Å². The molecule has 0 fully saturated rings. The van der Waals surface area contributed by atoms with Crippen LogP contribution in [0.4, 0.5) is 0 Å². The number of hydrogen-bond donors (Lipinski definition) is 0. The zero-order chi connectivity index (χ0) is 10.4. The Labute approximate surface area is 92.1 Å². The predicted octanol–water partition coefficient (Wildman–Crippen LogP) is 2.44. The van der Waals surface area contributed by atoms with E-state index in [4.69, 9.17) is 0 Å². The summed E-state index contributed by atoms with van der Waals surface area (Å²) in [5, 5.41) is 1.31. The van der Waals surface area contributed by atoms with Crippen LogP contribution < -0.4 is 4.46 Å². The second-order valence-electron chi connectivity index (χ2n) is 3.28. The zero-order valence-electron chi connectivity index (χ0n) is 8.75. The Morgan fingerprint density at radius 3 is 2.43 bits per heavy atom. The van der Waals surface area contributed by atoms with Crippen LogP contribution in [0.1, 0.15) is 37.0 Å². The number of hydrogen-bond acceptors (Lipinski definition) is 1. The minimum absolute atomic E-state index is 0.151. The molecule has 2 heteroatoms. The van der Waals surface area contributed by atoms with Gasteiger partial charge in [0.15, 0.2) is 0 Å². The molecule has 0 aromatic heterocycles. The zero-order valence-corrected chi connectivity index (χ0v) is 10.5. The van der Waals surface area contributed by atoms with Gasteiger partial charge in [-0.15, -0.1) is 0 Å². The van der Waals surface area contributed by atoms with Crippen molar-refractivity contribution in [3.8, 4) is 0 Å². The van der Waals surface area contributed by atoms with Gasteiger partial charge in [-0.2, -0.15) is 0 Å². The summed E-state index contributed by atoms with van der Waals surface area (Å²) in [4.78, 5) is 11.0. The van der Waals surface area contributed by atoms with Crippen molar-refractivity contribution in [1.29, 1.82) is 0 Å². The van der Waals surface area contributed by atoms with Gasteiger partial charge in [-0.3, -0.25) is 0 Å². The molecule has 0 aliphatic heterocycles. The number of carbonyl (C=O) groups excluding carboxylic acids is 1. The van der Waals surface area contributed by atoms with Crippen molar-refractivity contribution in [3.63, 3.8) is 0 Å². The molecule has 0 N–H and O–H groups in total. The molecule has 1 rings (SSSR count). The van der Waals surface area contributed by atoms with Gasteiger partial charge in [0, 0.05) is 0 Å². The topological polar surface area (TPSA) is 17.1 Å². The van der Waals surface area contributed by atoms with Crippen LogP contribution in [0.2, 0.25) is 5.32 Å². The first-order chi connectivity index (χ1) is 6.74. The normalized spacial score (nSPS) is 10.1. The molecule has 14 heavy (non-hydrogen) atoms. The van der Waals surface area contributed by atoms with Gasteiger partial charge < -0.3 is 0 Å². The van der Waals surface area contributed by atoms with Crippen molar-refractivity contribution in [1.82, 2.24) is 0 Å². The third-order valence-electron chi connectivity index (χ3n) is 2.03. The van der Waals surface area contributed by atoms with Crippen molar-refractivity contribution in [2.45, 2.75) is 32.0 Å². The van der Waals surface area contributed by atoms with E-state index in [1.54, 1.807) is 6.92 Å². The maximum atomic E-state index is 11.0. The summed E-state index contributed by atoms with van der Waals surface area (Å²) >= 11 is 0.589. The molecular weight excluding hydrogens is 239 g/mol. The summed E-state index contributed by atoms with van der Waals surface area (Å²) in [5.41, 5.74) is 0.819. The Balaban J connectivity index is 2.51. The molecule has 0 spiro atoms. The van der Waals surface area contributed by atoms with E-state index >= 15 is 0 Å². The average molecular weight is 255 g/mol. The van der Waals surface area contributed by atoms with E-state index in [1.807, 2.05) is 12.1 Å². The first kappa shape index (κ1) is 11.5. The number of carbonyl (C=O) groups is 1. The molecule has 0 bridgehead atoms. The first-order valence-electron chi connectivity index (χ1n) is 4.98. The Hall–Kier alpha value is -0.591. The molecule has 0 aliphatic carbocycles. The molecule has 0 radical (unpaired) electrons. The van der Waals surface area contributed by atoms with Crippen molar-refractivity contribution >= 4 is 25.2 Å². The third-order valence-corrected chi connectivity index (χ3v) is 4.33. The molecule has 1 aromatic carbocycles. The monoisotopic (exact) mass is 256 g/mol. The summed E-state index contributed by atoms with van der Waals surface area (Å²) in [6, 6.07) is 8.05. The van der Waals surface area contributed by atoms with Crippen LogP contribution in [0.3, 0.4) is 0 Å². The number of Topliss-reactive ketones (excluding diaryl/α,β-unsaturated/α-hetero) is 1. The second kappa shape index (κ2) is 6.00. The van der Waals surface area contributed by atoms with Gasteiger partial charge >= 0.3 is 91.8 Å². The Morgan fingerprint density at radius 2 is 1.93 bits per heavy atom. The molecule has 0 heterocycles. The van der Waals surface area contributed by atoms with Crippen LogP contribution in [0.25, 0.3) is 0 Å². The van der Waals surface area contributed by atoms with E-state index in [2.05, 4.69) is 19.1 Å². The van der Waals surface area contributed by atoms with Crippen LogP contribution in [0.15, 0.2) is 24.3 Å². The van der Waals surface area contributed by atoms with Crippen LogP contribution in [0, 0.1) is 0 Å². The molecule has 0 amide bonds. The predicted molar refractivity (Wildman–Crippen MR) is 61.5 cm³/mol. The molecule has 0 saturated carbocycles. The average Bonchev–Trinajstić information content (AvgIpc) is 2.19. The molecule has 0 aliphatic rings. The van der Waals surface area contributed by atoms with Gasteiger partial charge in [-0.05, 0) is 0 Å². The summed E-state index contributed by atoms with van der Waals surface area (Å²) in [6.07, 6.45) is 2.59. The van der Waals surface area contributed by atoms with E-state index in [0.29, 0.717) is 15.0 Å². The van der Waals surface area contributed by atoms with Crippen LogP contribution in [0.5, 0.6) is 0 Å². The summed E-state index contributed by atoms with van der Waals surface area (Å²) in [7, 11) is 0. The Kier molecular flexibility index (Phi) is 4.92. The van der Waals surface area contributed by atoms with Crippen molar-refractivity contribution in [2.24, 2.45) is 0 Å². The van der Waals surface area contributed by atoms with E-state index in [1.165, 1.54) is 22.6 Å². The fourth-order valence-corrected chi connectivity index (χ4v) is 3.21. The second-order valence-corrected chi connectivity index (χ2v) is 5.73. The number of unbranched alkanes of at least 4 members (excludes halogenated alkanes) is 1. The van der Waals surface area contributed by atoms with Gasteiger partial charge in [-0.25, -0.2) is 0 Å². The van der Waals surface area contributed by atoms with E-state index in [-0.39, 0.29) is 5.78 Å². The van der Waals surface area contributed by atoms with E-state index in [9.17, 15) is 4.79 Å². The van der Waals surface area contributed by atoms with Crippen molar-refractivity contribution in [3.05, 3.63) is 29.8 Å². The van der Waals surface area contributed by atoms with Gasteiger partial charge in [0.05, 0.1) is 0 Å². The first-order valence-corrected chi connectivity index (χ1v) is 7.04. The maximum absolute atomic E-state index is 11.0. The number of benzene rings is 1. The van der Waals surface area contributed by atoms with Gasteiger partial charge in [0.1, 0.15) is 0 Å². The van der Waals surface area contributed by atoms with E-state index in [0.717, 1.165) is 5.56 Å². The van der Waals surface area contributed by atoms with Gasteiger partial charge in [-0.1, -0.05) is 0 Å². The molecule has 0 saturated heterocycles. The summed E-state index contributed by atoms with van der Waals surface area (Å²) in [5.74, 6) is 0.151. The van der Waals surface area contributed by atoms with E-state index < -0.39 is 0 Å². The summed E-state index contributed by atoms with van der Waals surface area (Å²) in [6.45, 7) is 3.83. The van der Waals surface area contributed by atoms with Crippen LogP contribution >= 0.6 is 0 Å². The number of rotatable bonds is 5. The quantitative estimate of drug-likeness (QED) is 0.448. The van der Waals surface area contributed by atoms with Crippen molar-refractivity contribution in [2.75, 3.05) is 0 Å². The Morgan fingerprint density at radius 1 is 1.29 bits per heavy atom. The SMILES string of the molecule is CCCC[Se]c1ccc(C(C)=O)cc1.